The summed E-state index contributed by atoms with van der Waals surface area (Å²) in [6.07, 6.45) is 0. The third-order valence-corrected chi connectivity index (χ3v) is 2.96. The number of aromatic carboxylic acids is 1. The van der Waals surface area contributed by atoms with Gasteiger partial charge in [-0.15, -0.1) is 0 Å². The molecule has 0 unspecified atom stereocenters. The highest BCUT2D eigenvalue weighted by Gasteiger charge is 2.15. The summed E-state index contributed by atoms with van der Waals surface area (Å²) in [5.41, 5.74) is -0.0540. The normalized spacial score (nSPS) is 10.3. The Hall–Kier alpha value is -2.02. The number of aromatic nitrogens is 1. The Morgan fingerprint density at radius 1 is 1.30 bits per heavy atom. The Morgan fingerprint density at radius 3 is 2.70 bits per heavy atom. The summed E-state index contributed by atoms with van der Waals surface area (Å²) in [5, 5.41) is 11.5. The number of hydrogen-bond acceptors (Lipinski definition) is 3. The first-order valence-electron chi connectivity index (χ1n) is 5.55. The third-order valence-electron chi connectivity index (χ3n) is 2.52. The van der Waals surface area contributed by atoms with Gasteiger partial charge in [-0.3, -0.25) is 0 Å². The zero-order chi connectivity index (χ0) is 14.7. The molecule has 104 valence electrons. The molecule has 0 saturated carbocycles. The van der Waals surface area contributed by atoms with Crippen molar-refractivity contribution in [2.24, 2.45) is 0 Å². The van der Waals surface area contributed by atoms with E-state index in [2.05, 4.69) is 26.2 Å². The van der Waals surface area contributed by atoms with Crippen molar-refractivity contribution in [2.75, 3.05) is 5.32 Å². The van der Waals surface area contributed by atoms with E-state index in [1.807, 2.05) is 0 Å². The molecule has 0 aliphatic heterocycles. The van der Waals surface area contributed by atoms with Crippen LogP contribution < -0.4 is 5.32 Å². The predicted octanol–water partition coefficient (Wildman–Crippen LogP) is 3.43. The lowest BCUT2D eigenvalue weighted by Crippen LogP contribution is -2.07. The van der Waals surface area contributed by atoms with Gasteiger partial charge in [-0.2, -0.15) is 0 Å². The summed E-state index contributed by atoms with van der Waals surface area (Å²) in [6, 6.07) is 6.69. The quantitative estimate of drug-likeness (QED) is 0.835. The number of carbonyl (C=O) groups is 1. The second kappa shape index (κ2) is 5.96. The smallest absolute Gasteiger partial charge is 0.338 e. The van der Waals surface area contributed by atoms with Crippen molar-refractivity contribution in [3.63, 3.8) is 0 Å². The van der Waals surface area contributed by atoms with Gasteiger partial charge in [-0.1, -0.05) is 6.07 Å². The fourth-order valence-corrected chi connectivity index (χ4v) is 1.96. The van der Waals surface area contributed by atoms with E-state index in [1.54, 1.807) is 18.2 Å². The maximum atomic E-state index is 13.6. The summed E-state index contributed by atoms with van der Waals surface area (Å²) in [7, 11) is 0. The molecule has 0 saturated heterocycles. The van der Waals surface area contributed by atoms with Gasteiger partial charge in [0.25, 0.3) is 0 Å². The van der Waals surface area contributed by atoms with Gasteiger partial charge in [-0.25, -0.2) is 18.6 Å². The minimum Gasteiger partial charge on any atom is -0.478 e. The van der Waals surface area contributed by atoms with Gasteiger partial charge in [0.1, 0.15) is 16.2 Å². The van der Waals surface area contributed by atoms with Crippen LogP contribution in [0.1, 0.15) is 16.1 Å². The van der Waals surface area contributed by atoms with Crippen molar-refractivity contribution in [1.29, 1.82) is 0 Å². The van der Waals surface area contributed by atoms with Crippen LogP contribution in [0.3, 0.4) is 0 Å². The molecule has 0 amide bonds. The first-order valence-corrected chi connectivity index (χ1v) is 6.34. The van der Waals surface area contributed by atoms with Crippen molar-refractivity contribution >= 4 is 27.6 Å². The first kappa shape index (κ1) is 14.4. The molecule has 2 aromatic rings. The number of anilines is 1. The van der Waals surface area contributed by atoms with Crippen LogP contribution in [0.15, 0.2) is 34.9 Å². The van der Waals surface area contributed by atoms with E-state index in [0.29, 0.717) is 16.4 Å². The molecule has 4 nitrogen and oxygen atoms in total. The van der Waals surface area contributed by atoms with Crippen LogP contribution in [0.5, 0.6) is 0 Å². The molecule has 0 aliphatic rings. The van der Waals surface area contributed by atoms with Crippen LogP contribution >= 0.6 is 15.9 Å². The molecule has 20 heavy (non-hydrogen) atoms. The minimum atomic E-state index is -1.45. The van der Waals surface area contributed by atoms with Crippen LogP contribution in [-0.4, -0.2) is 16.1 Å². The van der Waals surface area contributed by atoms with Gasteiger partial charge in [0.15, 0.2) is 0 Å². The molecule has 0 fully saturated rings. The minimum absolute atomic E-state index is 0.0921. The van der Waals surface area contributed by atoms with E-state index in [9.17, 15) is 13.6 Å². The van der Waals surface area contributed by atoms with Gasteiger partial charge >= 0.3 is 5.97 Å². The van der Waals surface area contributed by atoms with Crippen LogP contribution in [0.4, 0.5) is 14.5 Å². The van der Waals surface area contributed by atoms with E-state index < -0.39 is 23.2 Å². The van der Waals surface area contributed by atoms with Gasteiger partial charge < -0.3 is 10.4 Å². The van der Waals surface area contributed by atoms with Crippen molar-refractivity contribution in [3.05, 3.63) is 57.8 Å². The molecule has 0 spiro atoms. The lowest BCUT2D eigenvalue weighted by atomic mass is 10.1. The van der Waals surface area contributed by atoms with Crippen molar-refractivity contribution < 1.29 is 18.7 Å². The summed E-state index contributed by atoms with van der Waals surface area (Å²) in [6.45, 7) is 0.182. The Bertz CT molecular complexity index is 665. The number of nitrogens with zero attached hydrogens (tertiary/aromatic N) is 1. The number of rotatable bonds is 4. The zero-order valence-electron chi connectivity index (χ0n) is 10.0. The Morgan fingerprint density at radius 2 is 2.05 bits per heavy atom. The SMILES string of the molecule is O=C(O)c1cc(NCc2cccc(Br)n2)c(F)cc1F. The van der Waals surface area contributed by atoms with Crippen LogP contribution in [-0.2, 0) is 6.54 Å². The molecular weight excluding hydrogens is 334 g/mol. The number of benzene rings is 1. The van der Waals surface area contributed by atoms with E-state index >= 15 is 0 Å². The summed E-state index contributed by atoms with van der Waals surface area (Å²) in [4.78, 5) is 14.9. The molecule has 1 aromatic heterocycles. The lowest BCUT2D eigenvalue weighted by Gasteiger charge is -2.09. The number of pyridine rings is 1. The molecule has 1 aromatic carbocycles. The van der Waals surface area contributed by atoms with Crippen molar-refractivity contribution in [2.45, 2.75) is 6.54 Å². The fourth-order valence-electron chi connectivity index (χ4n) is 1.58. The largest absolute Gasteiger partial charge is 0.478 e. The highest BCUT2D eigenvalue weighted by atomic mass is 79.9. The monoisotopic (exact) mass is 342 g/mol. The van der Waals surface area contributed by atoms with E-state index in [0.717, 1.165) is 6.07 Å². The molecule has 7 heteroatoms. The Labute approximate surface area is 121 Å². The first-order chi connectivity index (χ1) is 9.47. The molecule has 2 N–H and O–H groups in total. The molecular formula is C13H9BrF2N2O2. The summed E-state index contributed by atoms with van der Waals surface area (Å²) in [5.74, 6) is -3.42. The summed E-state index contributed by atoms with van der Waals surface area (Å²) >= 11 is 3.20. The highest BCUT2D eigenvalue weighted by Crippen LogP contribution is 2.20. The summed E-state index contributed by atoms with van der Waals surface area (Å²) < 4.78 is 27.4. The molecule has 0 bridgehead atoms. The molecule has 0 radical (unpaired) electrons. The number of hydrogen-bond donors (Lipinski definition) is 2. The van der Waals surface area contributed by atoms with E-state index in [1.165, 1.54) is 0 Å². The van der Waals surface area contributed by atoms with Gasteiger partial charge in [0.2, 0.25) is 0 Å². The van der Waals surface area contributed by atoms with E-state index in [-0.39, 0.29) is 12.2 Å². The number of carboxylic acids is 1. The third kappa shape index (κ3) is 3.30. The average Bonchev–Trinajstić information content (AvgIpc) is 2.37. The van der Waals surface area contributed by atoms with Gasteiger partial charge in [0.05, 0.1) is 23.5 Å². The highest BCUT2D eigenvalue weighted by molar-refractivity contribution is 9.10. The molecule has 0 atom stereocenters. The maximum Gasteiger partial charge on any atom is 0.338 e. The second-order valence-corrected chi connectivity index (χ2v) is 4.73. The Kier molecular flexibility index (Phi) is 4.29. The van der Waals surface area contributed by atoms with Crippen LogP contribution in [0.25, 0.3) is 0 Å². The number of nitrogens with one attached hydrogen (secondary N) is 1. The average molecular weight is 343 g/mol. The topological polar surface area (TPSA) is 62.2 Å². The maximum absolute atomic E-state index is 13.6. The number of halogens is 3. The van der Waals surface area contributed by atoms with Crippen molar-refractivity contribution in [3.8, 4) is 0 Å². The van der Waals surface area contributed by atoms with Crippen LogP contribution in [0, 0.1) is 11.6 Å². The molecule has 2 rings (SSSR count). The van der Waals surface area contributed by atoms with E-state index in [4.69, 9.17) is 5.11 Å². The lowest BCUT2D eigenvalue weighted by molar-refractivity contribution is 0.0692. The van der Waals surface area contributed by atoms with Crippen molar-refractivity contribution in [1.82, 2.24) is 4.98 Å². The second-order valence-electron chi connectivity index (χ2n) is 3.92. The fraction of sp³-hybridized carbons (Fsp3) is 0.0769. The zero-order valence-corrected chi connectivity index (χ0v) is 11.6. The molecule has 1 heterocycles. The standard InChI is InChI=1S/C13H9BrF2N2O2/c14-12-3-1-2-7(18-12)6-17-11-4-8(13(19)20)9(15)5-10(11)16/h1-5,17H,6H2,(H,19,20). The Balaban J connectivity index is 2.21. The van der Waals surface area contributed by atoms with Gasteiger partial charge in [-0.05, 0) is 34.1 Å². The van der Waals surface area contributed by atoms with Gasteiger partial charge in [0, 0.05) is 6.07 Å². The molecule has 0 aliphatic carbocycles. The predicted molar refractivity (Wildman–Crippen MR) is 72.6 cm³/mol. The number of carboxylic acid groups (broad SMARTS) is 1. The van der Waals surface area contributed by atoms with Crippen LogP contribution in [0.2, 0.25) is 0 Å².